The summed E-state index contributed by atoms with van der Waals surface area (Å²) in [5.74, 6) is -0.0256. The number of aryl methyl sites for hydroxylation is 1. The van der Waals surface area contributed by atoms with Gasteiger partial charge in [0.05, 0.1) is 12.0 Å². The van der Waals surface area contributed by atoms with Crippen LogP contribution in [-0.4, -0.2) is 0 Å². The van der Waals surface area contributed by atoms with Crippen molar-refractivity contribution in [3.05, 3.63) is 57.6 Å². The predicted molar refractivity (Wildman–Crippen MR) is 76.4 cm³/mol. The third-order valence-corrected chi connectivity index (χ3v) is 4.01. The summed E-state index contributed by atoms with van der Waals surface area (Å²) in [5, 5.41) is 9.34. The number of nitriles is 1. The Labute approximate surface area is 115 Å². The molecule has 88 valence electrons. The number of rotatable bonds is 0. The molecule has 0 heterocycles. The van der Waals surface area contributed by atoms with Crippen LogP contribution in [-0.2, 0) is 6.42 Å². The van der Waals surface area contributed by atoms with Crippen LogP contribution in [0.25, 0.3) is 11.1 Å². The number of fused-ring (bicyclic) bond motifs is 3. The molecule has 0 N–H and O–H groups in total. The second kappa shape index (κ2) is 4.26. The summed E-state index contributed by atoms with van der Waals surface area (Å²) < 4.78 is 1.08. The number of nitrogens with zero attached hydrogens (tertiary/aromatic N) is 1. The molecule has 0 aromatic heterocycles. The average Bonchev–Trinajstić information content (AvgIpc) is 2.37. The first-order chi connectivity index (χ1) is 8.69. The van der Waals surface area contributed by atoms with Gasteiger partial charge in [-0.15, -0.1) is 0 Å². The van der Waals surface area contributed by atoms with E-state index in [1.807, 2.05) is 0 Å². The Morgan fingerprint density at radius 1 is 1.17 bits per heavy atom. The van der Waals surface area contributed by atoms with E-state index >= 15 is 0 Å². The molecular formula is C16H12BrN. The molecule has 1 atom stereocenters. The third-order valence-electron chi connectivity index (χ3n) is 3.52. The maximum Gasteiger partial charge on any atom is 0.0759 e. The molecular weight excluding hydrogens is 286 g/mol. The van der Waals surface area contributed by atoms with Gasteiger partial charge in [0.15, 0.2) is 0 Å². The van der Waals surface area contributed by atoms with Crippen molar-refractivity contribution in [2.75, 3.05) is 0 Å². The second-order valence-corrected chi connectivity index (χ2v) is 5.69. The molecule has 0 radical (unpaired) electrons. The molecule has 1 aliphatic carbocycles. The fraction of sp³-hybridized carbons (Fsp3) is 0.188. The summed E-state index contributed by atoms with van der Waals surface area (Å²) in [6, 6.07) is 15.1. The Morgan fingerprint density at radius 2 is 2.00 bits per heavy atom. The summed E-state index contributed by atoms with van der Waals surface area (Å²) in [7, 11) is 0. The minimum atomic E-state index is -0.0256. The molecule has 18 heavy (non-hydrogen) atoms. The molecule has 1 nitrogen and oxygen atoms in total. The monoisotopic (exact) mass is 297 g/mol. The van der Waals surface area contributed by atoms with Crippen molar-refractivity contribution in [3.63, 3.8) is 0 Å². The normalized spacial score (nSPS) is 16.6. The molecule has 0 bridgehead atoms. The SMILES string of the molecule is Cc1ccc2c(c1)-c1ccc(Br)cc1C[C@@H]2C#N. The zero-order valence-corrected chi connectivity index (χ0v) is 11.7. The first-order valence-electron chi connectivity index (χ1n) is 5.98. The summed E-state index contributed by atoms with van der Waals surface area (Å²) in [6.07, 6.45) is 0.807. The minimum Gasteiger partial charge on any atom is -0.198 e. The van der Waals surface area contributed by atoms with E-state index in [9.17, 15) is 5.26 Å². The van der Waals surface area contributed by atoms with Crippen molar-refractivity contribution in [3.8, 4) is 17.2 Å². The van der Waals surface area contributed by atoms with E-state index in [0.29, 0.717) is 0 Å². The number of hydrogen-bond donors (Lipinski definition) is 0. The average molecular weight is 298 g/mol. The lowest BCUT2D eigenvalue weighted by molar-refractivity contribution is 0.835. The molecule has 0 saturated heterocycles. The van der Waals surface area contributed by atoms with Crippen molar-refractivity contribution >= 4 is 15.9 Å². The summed E-state index contributed by atoms with van der Waals surface area (Å²) >= 11 is 3.50. The van der Waals surface area contributed by atoms with E-state index in [-0.39, 0.29) is 5.92 Å². The van der Waals surface area contributed by atoms with Gasteiger partial charge >= 0.3 is 0 Å². The van der Waals surface area contributed by atoms with Gasteiger partial charge in [-0.1, -0.05) is 45.8 Å². The highest BCUT2D eigenvalue weighted by Crippen LogP contribution is 2.40. The molecule has 0 fully saturated rings. The van der Waals surface area contributed by atoms with Crippen LogP contribution >= 0.6 is 15.9 Å². The van der Waals surface area contributed by atoms with Gasteiger partial charge in [0.1, 0.15) is 0 Å². The Bertz CT molecular complexity index is 667. The maximum absolute atomic E-state index is 9.34. The Balaban J connectivity index is 2.29. The lowest BCUT2D eigenvalue weighted by Crippen LogP contribution is -2.10. The topological polar surface area (TPSA) is 23.8 Å². The highest BCUT2D eigenvalue weighted by molar-refractivity contribution is 9.10. The van der Waals surface area contributed by atoms with Crippen LogP contribution in [0, 0.1) is 18.3 Å². The number of benzene rings is 2. The van der Waals surface area contributed by atoms with Gasteiger partial charge in [0, 0.05) is 4.47 Å². The van der Waals surface area contributed by atoms with Crippen LogP contribution in [0.5, 0.6) is 0 Å². The first kappa shape index (κ1) is 11.5. The molecule has 2 aromatic carbocycles. The van der Waals surface area contributed by atoms with E-state index < -0.39 is 0 Å². The van der Waals surface area contributed by atoms with Gasteiger partial charge in [0.2, 0.25) is 0 Å². The highest BCUT2D eigenvalue weighted by Gasteiger charge is 2.24. The summed E-state index contributed by atoms with van der Waals surface area (Å²) in [6.45, 7) is 2.09. The fourth-order valence-electron chi connectivity index (χ4n) is 2.65. The van der Waals surface area contributed by atoms with Gasteiger partial charge in [0.25, 0.3) is 0 Å². The van der Waals surface area contributed by atoms with Gasteiger partial charge < -0.3 is 0 Å². The lowest BCUT2D eigenvalue weighted by atomic mass is 9.79. The van der Waals surface area contributed by atoms with Crippen LogP contribution in [0.15, 0.2) is 40.9 Å². The van der Waals surface area contributed by atoms with Crippen LogP contribution in [0.3, 0.4) is 0 Å². The van der Waals surface area contributed by atoms with E-state index in [2.05, 4.69) is 65.3 Å². The van der Waals surface area contributed by atoms with Crippen LogP contribution in [0.1, 0.15) is 22.6 Å². The quantitative estimate of drug-likeness (QED) is 0.698. The van der Waals surface area contributed by atoms with E-state index in [1.165, 1.54) is 22.3 Å². The van der Waals surface area contributed by atoms with Gasteiger partial charge in [-0.05, 0) is 47.7 Å². The van der Waals surface area contributed by atoms with Gasteiger partial charge in [-0.25, -0.2) is 0 Å². The van der Waals surface area contributed by atoms with E-state index in [1.54, 1.807) is 0 Å². The molecule has 0 aliphatic heterocycles. The van der Waals surface area contributed by atoms with Crippen molar-refractivity contribution < 1.29 is 0 Å². The van der Waals surface area contributed by atoms with Gasteiger partial charge in [-0.3, -0.25) is 0 Å². The Kier molecular flexibility index (Phi) is 2.72. The Morgan fingerprint density at radius 3 is 2.78 bits per heavy atom. The smallest absolute Gasteiger partial charge is 0.0759 e. The first-order valence-corrected chi connectivity index (χ1v) is 6.77. The second-order valence-electron chi connectivity index (χ2n) is 4.78. The summed E-state index contributed by atoms with van der Waals surface area (Å²) in [4.78, 5) is 0. The van der Waals surface area contributed by atoms with Gasteiger partial charge in [-0.2, -0.15) is 5.26 Å². The molecule has 0 amide bonds. The largest absolute Gasteiger partial charge is 0.198 e. The molecule has 0 saturated carbocycles. The Hall–Kier alpha value is -1.59. The molecule has 2 aromatic rings. The molecule has 1 aliphatic rings. The standard InChI is InChI=1S/C16H12BrN/c1-10-2-4-15-12(9-18)7-11-8-13(17)3-5-14(11)16(15)6-10/h2-6,8,12H,7H2,1H3/t12-/m1/s1. The summed E-state index contributed by atoms with van der Waals surface area (Å²) in [5.41, 5.74) is 6.15. The molecule has 2 heteroatoms. The van der Waals surface area contributed by atoms with Crippen LogP contribution < -0.4 is 0 Å². The number of hydrogen-bond acceptors (Lipinski definition) is 1. The minimum absolute atomic E-state index is 0.0256. The van der Waals surface area contributed by atoms with Crippen LogP contribution in [0.4, 0.5) is 0 Å². The fourth-order valence-corrected chi connectivity index (χ4v) is 3.05. The van der Waals surface area contributed by atoms with Crippen molar-refractivity contribution in [1.82, 2.24) is 0 Å². The predicted octanol–water partition coefficient (Wildman–Crippen LogP) is 4.59. The molecule has 0 unspecified atom stereocenters. The van der Waals surface area contributed by atoms with E-state index in [4.69, 9.17) is 0 Å². The molecule has 0 spiro atoms. The lowest BCUT2D eigenvalue weighted by Gasteiger charge is -2.24. The molecule has 3 rings (SSSR count). The zero-order valence-electron chi connectivity index (χ0n) is 10.1. The van der Waals surface area contributed by atoms with Crippen molar-refractivity contribution in [2.24, 2.45) is 0 Å². The van der Waals surface area contributed by atoms with Crippen molar-refractivity contribution in [1.29, 1.82) is 5.26 Å². The highest BCUT2D eigenvalue weighted by atomic mass is 79.9. The van der Waals surface area contributed by atoms with Crippen molar-refractivity contribution in [2.45, 2.75) is 19.3 Å². The maximum atomic E-state index is 9.34. The third kappa shape index (κ3) is 1.76. The van der Waals surface area contributed by atoms with Crippen LogP contribution in [0.2, 0.25) is 0 Å². The zero-order chi connectivity index (χ0) is 12.7. The van der Waals surface area contributed by atoms with E-state index in [0.717, 1.165) is 16.5 Å². The number of halogens is 1.